The van der Waals surface area contributed by atoms with Crippen LogP contribution in [0.25, 0.3) is 12.2 Å². The third kappa shape index (κ3) is 3.30. The van der Waals surface area contributed by atoms with Crippen LogP contribution in [0.5, 0.6) is 0 Å². The van der Waals surface area contributed by atoms with Crippen molar-refractivity contribution in [1.82, 2.24) is 4.98 Å². The van der Waals surface area contributed by atoms with Gasteiger partial charge in [0, 0.05) is 11.8 Å². The molecule has 0 fully saturated rings. The van der Waals surface area contributed by atoms with E-state index in [4.69, 9.17) is 12.2 Å². The van der Waals surface area contributed by atoms with E-state index in [1.807, 2.05) is 19.1 Å². The van der Waals surface area contributed by atoms with Crippen molar-refractivity contribution in [1.29, 1.82) is 0 Å². The van der Waals surface area contributed by atoms with Gasteiger partial charge < -0.3 is 4.98 Å². The minimum Gasteiger partial charge on any atom is -0.346 e. The van der Waals surface area contributed by atoms with Crippen LogP contribution in [0.2, 0.25) is 0 Å². The van der Waals surface area contributed by atoms with Gasteiger partial charge in [-0.2, -0.15) is 0 Å². The summed E-state index contributed by atoms with van der Waals surface area (Å²) in [5.74, 6) is 0. The number of rotatable bonds is 3. The van der Waals surface area contributed by atoms with Gasteiger partial charge in [-0.05, 0) is 35.4 Å². The molecule has 0 atom stereocenters. The molecule has 1 nitrogen and oxygen atoms in total. The zero-order valence-corrected chi connectivity index (χ0v) is 11.8. The molecule has 1 heterocycles. The van der Waals surface area contributed by atoms with Crippen LogP contribution in [-0.2, 0) is 6.42 Å². The molecule has 0 bridgehead atoms. The summed E-state index contributed by atoms with van der Waals surface area (Å²) < 4.78 is 0.794. The highest BCUT2D eigenvalue weighted by Crippen LogP contribution is 2.07. The lowest BCUT2D eigenvalue weighted by Crippen LogP contribution is -2.28. The van der Waals surface area contributed by atoms with Crippen molar-refractivity contribution in [3.05, 3.63) is 75.4 Å². The van der Waals surface area contributed by atoms with Crippen molar-refractivity contribution in [2.45, 2.75) is 13.3 Å². The van der Waals surface area contributed by atoms with Gasteiger partial charge in [0.15, 0.2) is 0 Å². The largest absolute Gasteiger partial charge is 0.346 e. The number of aromatic nitrogens is 1. The number of hydrogen-bond acceptors (Lipinski definition) is 1. The Hall–Kier alpha value is -1.93. The van der Waals surface area contributed by atoms with Crippen LogP contribution in [-0.4, -0.2) is 4.98 Å². The average Bonchev–Trinajstić information content (AvgIpc) is 2.43. The molecule has 0 amide bonds. The quantitative estimate of drug-likeness (QED) is 0.845. The van der Waals surface area contributed by atoms with Crippen molar-refractivity contribution >= 4 is 24.4 Å². The topological polar surface area (TPSA) is 15.8 Å². The Morgan fingerprint density at radius 1 is 1.26 bits per heavy atom. The van der Waals surface area contributed by atoms with Gasteiger partial charge in [-0.1, -0.05) is 61.3 Å². The Labute approximate surface area is 118 Å². The molecule has 1 aromatic heterocycles. The minimum absolute atomic E-state index is 0.794. The molecule has 0 aliphatic heterocycles. The summed E-state index contributed by atoms with van der Waals surface area (Å²) in [6.45, 7) is 5.75. The van der Waals surface area contributed by atoms with Gasteiger partial charge in [0.25, 0.3) is 0 Å². The first-order valence-corrected chi connectivity index (χ1v) is 6.70. The molecule has 0 aliphatic rings. The van der Waals surface area contributed by atoms with E-state index in [1.165, 1.54) is 5.56 Å². The van der Waals surface area contributed by atoms with Crippen molar-refractivity contribution in [2.24, 2.45) is 0 Å². The van der Waals surface area contributed by atoms with Gasteiger partial charge in [-0.3, -0.25) is 0 Å². The number of benzene rings is 1. The summed E-state index contributed by atoms with van der Waals surface area (Å²) in [5.41, 5.74) is 2.42. The molecule has 0 saturated carbocycles. The number of hydrogen-bond donors (Lipinski definition) is 1. The van der Waals surface area contributed by atoms with E-state index in [0.717, 1.165) is 27.2 Å². The van der Waals surface area contributed by atoms with E-state index >= 15 is 0 Å². The third-order valence-electron chi connectivity index (χ3n) is 3.01. The molecule has 2 heteroatoms. The highest BCUT2D eigenvalue weighted by Gasteiger charge is 1.99. The van der Waals surface area contributed by atoms with Crippen LogP contribution in [0.4, 0.5) is 0 Å². The smallest absolute Gasteiger partial charge is 0.107 e. The van der Waals surface area contributed by atoms with Crippen molar-refractivity contribution in [3.63, 3.8) is 0 Å². The molecular formula is C17H17NS. The Morgan fingerprint density at radius 3 is 2.63 bits per heavy atom. The molecule has 1 aromatic carbocycles. The lowest BCUT2D eigenvalue weighted by molar-refractivity contribution is 1.09. The van der Waals surface area contributed by atoms with E-state index in [2.05, 4.69) is 48.0 Å². The minimum atomic E-state index is 0.794. The van der Waals surface area contributed by atoms with Gasteiger partial charge in [-0.25, -0.2) is 0 Å². The molecule has 2 aromatic rings. The molecule has 0 saturated heterocycles. The fourth-order valence-electron chi connectivity index (χ4n) is 2.05. The SMILES string of the molecule is C=C/C=c1/[nH]c(=S)c(Cc2ccccc2)c/c1=C/C. The summed E-state index contributed by atoms with van der Waals surface area (Å²) in [6, 6.07) is 12.5. The zero-order chi connectivity index (χ0) is 13.7. The molecular weight excluding hydrogens is 250 g/mol. The molecule has 0 radical (unpaired) electrons. The number of pyridine rings is 1. The highest BCUT2D eigenvalue weighted by atomic mass is 32.1. The maximum atomic E-state index is 5.44. The molecule has 0 unspecified atom stereocenters. The normalized spacial score (nSPS) is 12.7. The predicted molar refractivity (Wildman–Crippen MR) is 84.9 cm³/mol. The predicted octanol–water partition coefficient (Wildman–Crippen LogP) is 3.10. The van der Waals surface area contributed by atoms with Crippen LogP contribution in [0.15, 0.2) is 49.1 Å². The van der Waals surface area contributed by atoms with E-state index in [1.54, 1.807) is 6.08 Å². The van der Waals surface area contributed by atoms with Crippen molar-refractivity contribution in [3.8, 4) is 0 Å². The van der Waals surface area contributed by atoms with E-state index in [9.17, 15) is 0 Å². The number of allylic oxidation sites excluding steroid dienone is 1. The van der Waals surface area contributed by atoms with Crippen LogP contribution < -0.4 is 10.6 Å². The first-order chi connectivity index (χ1) is 9.24. The van der Waals surface area contributed by atoms with Gasteiger partial charge in [-0.15, -0.1) is 0 Å². The molecule has 19 heavy (non-hydrogen) atoms. The highest BCUT2D eigenvalue weighted by molar-refractivity contribution is 7.71. The molecule has 1 N–H and O–H groups in total. The standard InChI is InChI=1S/C17H17NS/c1-3-8-16-14(4-2)12-15(17(19)18-16)11-13-9-6-5-7-10-13/h3-10,12H,1,11H2,2H3,(H,18,19)/b14-4-,16-8+. The molecule has 96 valence electrons. The van der Waals surface area contributed by atoms with Gasteiger partial charge in [0.05, 0.1) is 0 Å². The Morgan fingerprint density at radius 2 is 2.00 bits per heavy atom. The van der Waals surface area contributed by atoms with Crippen molar-refractivity contribution in [2.75, 3.05) is 0 Å². The number of nitrogens with one attached hydrogen (secondary N) is 1. The second kappa shape index (κ2) is 6.30. The van der Waals surface area contributed by atoms with Gasteiger partial charge >= 0.3 is 0 Å². The summed E-state index contributed by atoms with van der Waals surface area (Å²) in [6.07, 6.45) is 6.64. The first kappa shape index (κ1) is 13.5. The first-order valence-electron chi connectivity index (χ1n) is 6.30. The second-order valence-electron chi connectivity index (χ2n) is 4.35. The van der Waals surface area contributed by atoms with E-state index in [-0.39, 0.29) is 0 Å². The number of H-pyrrole nitrogens is 1. The average molecular weight is 267 g/mol. The summed E-state index contributed by atoms with van der Waals surface area (Å²) in [7, 11) is 0. The van der Waals surface area contributed by atoms with Crippen LogP contribution >= 0.6 is 12.2 Å². The fraction of sp³-hybridized carbons (Fsp3) is 0.118. The summed E-state index contributed by atoms with van der Waals surface area (Å²) in [4.78, 5) is 3.27. The Bertz CT molecular complexity index is 739. The molecule has 0 spiro atoms. The Kier molecular flexibility index (Phi) is 4.48. The van der Waals surface area contributed by atoms with Crippen LogP contribution in [0.3, 0.4) is 0 Å². The molecule has 2 rings (SSSR count). The third-order valence-corrected chi connectivity index (χ3v) is 3.38. The van der Waals surface area contributed by atoms with E-state index in [0.29, 0.717) is 0 Å². The Balaban J connectivity index is 2.52. The maximum Gasteiger partial charge on any atom is 0.107 e. The van der Waals surface area contributed by atoms with Gasteiger partial charge in [0.2, 0.25) is 0 Å². The lowest BCUT2D eigenvalue weighted by atomic mass is 10.1. The van der Waals surface area contributed by atoms with Crippen LogP contribution in [0.1, 0.15) is 18.1 Å². The summed E-state index contributed by atoms with van der Waals surface area (Å²) >= 11 is 5.44. The second-order valence-corrected chi connectivity index (χ2v) is 4.75. The monoisotopic (exact) mass is 267 g/mol. The lowest BCUT2D eigenvalue weighted by Gasteiger charge is -2.03. The fourth-order valence-corrected chi connectivity index (χ4v) is 2.29. The maximum absolute atomic E-state index is 5.44. The van der Waals surface area contributed by atoms with Gasteiger partial charge in [0.1, 0.15) is 4.64 Å². The van der Waals surface area contributed by atoms with Crippen LogP contribution in [0, 0.1) is 4.64 Å². The summed E-state index contributed by atoms with van der Waals surface area (Å²) in [5, 5.41) is 2.17. The van der Waals surface area contributed by atoms with Crippen molar-refractivity contribution < 1.29 is 0 Å². The van der Waals surface area contributed by atoms with E-state index < -0.39 is 0 Å². The zero-order valence-electron chi connectivity index (χ0n) is 11.0. The number of aromatic amines is 1. The molecule has 0 aliphatic carbocycles.